The van der Waals surface area contributed by atoms with Gasteiger partial charge in [0.1, 0.15) is 0 Å². The summed E-state index contributed by atoms with van der Waals surface area (Å²) in [5.74, 6) is 0. The predicted octanol–water partition coefficient (Wildman–Crippen LogP) is -1.29. The normalized spacial score (nSPS) is 24.0. The van der Waals surface area contributed by atoms with Crippen LogP contribution in [0.25, 0.3) is 0 Å². The minimum atomic E-state index is -0.171. The Kier molecular flexibility index (Phi) is 1.55. The molecule has 1 aliphatic rings. The van der Waals surface area contributed by atoms with Gasteiger partial charge in [0, 0.05) is 0 Å². The second kappa shape index (κ2) is 2.00. The van der Waals surface area contributed by atoms with Crippen molar-refractivity contribution in [3.8, 4) is 0 Å². The van der Waals surface area contributed by atoms with Crippen LogP contribution in [0.5, 0.6) is 0 Å². The summed E-state index contributed by atoms with van der Waals surface area (Å²) in [6.07, 6.45) is 0. The van der Waals surface area contributed by atoms with E-state index in [9.17, 15) is 0 Å². The molecule has 2 radical (unpaired) electrons. The summed E-state index contributed by atoms with van der Waals surface area (Å²) >= 11 is -0.171. The average Bonchev–Trinajstić information content (AvgIpc) is 1.76. The summed E-state index contributed by atoms with van der Waals surface area (Å²) in [5.41, 5.74) is 0. The molecule has 0 aliphatic carbocycles. The molecule has 0 amide bonds. The molecule has 28 valence electrons. The first-order valence-corrected chi connectivity index (χ1v) is 4.56. The summed E-state index contributed by atoms with van der Waals surface area (Å²) in [5, 5.41) is 0. The third-order valence-electron chi connectivity index (χ3n) is 0.552. The van der Waals surface area contributed by atoms with E-state index >= 15 is 0 Å². The Bertz CT molecular complexity index is 19.2. The van der Waals surface area contributed by atoms with E-state index in [0.29, 0.717) is 0 Å². The third-order valence-corrected chi connectivity index (χ3v) is 2.99. The number of hydrogen-bond acceptors (Lipinski definition) is 2. The van der Waals surface area contributed by atoms with Crippen molar-refractivity contribution in [1.29, 1.82) is 0 Å². The van der Waals surface area contributed by atoms with Crippen molar-refractivity contribution >= 4 is 21.7 Å². The summed E-state index contributed by atoms with van der Waals surface area (Å²) in [4.78, 5) is 0. The van der Waals surface area contributed by atoms with Crippen LogP contribution in [-0.2, 0) is 0 Å². The Morgan fingerprint density at radius 3 is 2.00 bits per heavy atom. The molecule has 0 atom stereocenters. The van der Waals surface area contributed by atoms with Crippen molar-refractivity contribution in [3.63, 3.8) is 0 Å². The molecular formula is C2H6N2Sn. The molecule has 0 saturated carbocycles. The maximum absolute atomic E-state index is 3.28. The molecule has 1 saturated heterocycles. The molecule has 3 heteroatoms. The summed E-state index contributed by atoms with van der Waals surface area (Å²) < 4.78 is 6.56. The summed E-state index contributed by atoms with van der Waals surface area (Å²) in [7, 11) is 0. The van der Waals surface area contributed by atoms with Gasteiger partial charge in [0.2, 0.25) is 0 Å². The summed E-state index contributed by atoms with van der Waals surface area (Å²) in [6, 6.07) is 0. The first-order valence-electron chi connectivity index (χ1n) is 1.71. The molecule has 5 heavy (non-hydrogen) atoms. The van der Waals surface area contributed by atoms with Gasteiger partial charge in [0.05, 0.1) is 0 Å². The first-order chi connectivity index (χ1) is 2.50. The van der Waals surface area contributed by atoms with E-state index in [4.69, 9.17) is 0 Å². The van der Waals surface area contributed by atoms with Gasteiger partial charge >= 0.3 is 41.9 Å². The van der Waals surface area contributed by atoms with Crippen LogP contribution in [0.4, 0.5) is 0 Å². The van der Waals surface area contributed by atoms with Crippen LogP contribution in [0.2, 0.25) is 0 Å². The SMILES string of the molecule is C1C[NH][Sn][NH]1. The molecule has 0 aromatic heterocycles. The van der Waals surface area contributed by atoms with E-state index in [1.54, 1.807) is 0 Å². The van der Waals surface area contributed by atoms with E-state index < -0.39 is 0 Å². The Hall–Kier alpha value is 0.719. The van der Waals surface area contributed by atoms with Crippen LogP contribution in [-0.4, -0.2) is 34.8 Å². The molecule has 2 N–H and O–H groups in total. The van der Waals surface area contributed by atoms with Gasteiger partial charge in [-0.2, -0.15) is 0 Å². The van der Waals surface area contributed by atoms with E-state index in [2.05, 4.69) is 7.08 Å². The monoisotopic (exact) mass is 178 g/mol. The minimum absolute atomic E-state index is 0.171. The van der Waals surface area contributed by atoms with Gasteiger partial charge in [-0.15, -0.1) is 0 Å². The van der Waals surface area contributed by atoms with Crippen molar-refractivity contribution in [2.45, 2.75) is 0 Å². The zero-order valence-electron chi connectivity index (χ0n) is 2.91. The van der Waals surface area contributed by atoms with E-state index in [-0.39, 0.29) is 21.7 Å². The molecule has 1 aliphatic heterocycles. The summed E-state index contributed by atoms with van der Waals surface area (Å²) in [6.45, 7) is 2.43. The Balaban J connectivity index is 2.08. The van der Waals surface area contributed by atoms with Crippen molar-refractivity contribution in [1.82, 2.24) is 7.08 Å². The fourth-order valence-corrected chi connectivity index (χ4v) is 2.10. The zero-order valence-corrected chi connectivity index (χ0v) is 5.77. The van der Waals surface area contributed by atoms with Crippen molar-refractivity contribution in [3.05, 3.63) is 0 Å². The van der Waals surface area contributed by atoms with Crippen LogP contribution in [0.3, 0.4) is 0 Å². The Morgan fingerprint density at radius 1 is 1.20 bits per heavy atom. The predicted molar refractivity (Wildman–Crippen MR) is 21.8 cm³/mol. The van der Waals surface area contributed by atoms with Crippen LogP contribution in [0.15, 0.2) is 0 Å². The van der Waals surface area contributed by atoms with Gasteiger partial charge < -0.3 is 0 Å². The number of nitrogens with one attached hydrogen (secondary N) is 2. The Morgan fingerprint density at radius 2 is 1.80 bits per heavy atom. The molecule has 1 rings (SSSR count). The standard InChI is InChI=1S/C2H6N2.Sn/c3-1-2-4;/h3-4H,1-2H2;/q-2;+2. The van der Waals surface area contributed by atoms with Gasteiger partial charge in [-0.3, -0.25) is 0 Å². The van der Waals surface area contributed by atoms with E-state index in [0.717, 1.165) is 0 Å². The molecule has 2 nitrogen and oxygen atoms in total. The molecule has 0 bridgehead atoms. The molecule has 1 heterocycles. The van der Waals surface area contributed by atoms with Crippen LogP contribution in [0, 0.1) is 0 Å². The molecule has 0 aromatic carbocycles. The van der Waals surface area contributed by atoms with Gasteiger partial charge in [-0.1, -0.05) is 0 Å². The fourth-order valence-electron chi connectivity index (χ4n) is 0.312. The van der Waals surface area contributed by atoms with Crippen molar-refractivity contribution in [2.24, 2.45) is 0 Å². The fraction of sp³-hybridized carbons (Fsp3) is 1.00. The molecule has 0 aromatic rings. The van der Waals surface area contributed by atoms with E-state index in [1.165, 1.54) is 13.1 Å². The maximum atomic E-state index is 3.28. The Labute approximate surface area is 42.3 Å². The van der Waals surface area contributed by atoms with Crippen molar-refractivity contribution in [2.75, 3.05) is 13.1 Å². The number of rotatable bonds is 0. The van der Waals surface area contributed by atoms with Crippen LogP contribution < -0.4 is 7.08 Å². The van der Waals surface area contributed by atoms with Gasteiger partial charge in [0.25, 0.3) is 0 Å². The van der Waals surface area contributed by atoms with Crippen LogP contribution in [0.1, 0.15) is 0 Å². The van der Waals surface area contributed by atoms with Gasteiger partial charge in [0.15, 0.2) is 0 Å². The molecule has 0 unspecified atom stereocenters. The van der Waals surface area contributed by atoms with E-state index in [1.807, 2.05) is 0 Å². The zero-order chi connectivity index (χ0) is 3.54. The van der Waals surface area contributed by atoms with Crippen LogP contribution >= 0.6 is 0 Å². The topological polar surface area (TPSA) is 24.1 Å². The van der Waals surface area contributed by atoms with Gasteiger partial charge in [-0.25, -0.2) is 0 Å². The second-order valence-corrected chi connectivity index (χ2v) is 3.71. The van der Waals surface area contributed by atoms with Gasteiger partial charge in [-0.05, 0) is 0 Å². The second-order valence-electron chi connectivity index (χ2n) is 0.979. The third kappa shape index (κ3) is 1.07. The molecular weight excluding hydrogens is 171 g/mol. The quantitative estimate of drug-likeness (QED) is 0.450. The van der Waals surface area contributed by atoms with Crippen molar-refractivity contribution < 1.29 is 0 Å². The molecule has 1 fully saturated rings. The first kappa shape index (κ1) is 3.89. The average molecular weight is 177 g/mol. The molecule has 0 spiro atoms. The number of hydrogen-bond donors (Lipinski definition) is 2.